The van der Waals surface area contributed by atoms with E-state index in [0.29, 0.717) is 6.04 Å². The summed E-state index contributed by atoms with van der Waals surface area (Å²) in [5.74, 6) is 1.93. The number of nitrogens with zero attached hydrogens (tertiary/aromatic N) is 1. The van der Waals surface area contributed by atoms with Crippen LogP contribution in [0.3, 0.4) is 0 Å². The molecule has 1 aromatic rings. The van der Waals surface area contributed by atoms with Gasteiger partial charge in [0, 0.05) is 11.7 Å². The van der Waals surface area contributed by atoms with E-state index in [1.807, 2.05) is 0 Å². The van der Waals surface area contributed by atoms with E-state index in [9.17, 15) is 0 Å². The molecule has 0 spiro atoms. The summed E-state index contributed by atoms with van der Waals surface area (Å²) < 4.78 is 0. The maximum atomic E-state index is 4.78. The van der Waals surface area contributed by atoms with Gasteiger partial charge >= 0.3 is 0 Å². The zero-order chi connectivity index (χ0) is 12.4. The second-order valence-electron chi connectivity index (χ2n) is 5.99. The Balaban J connectivity index is 1.64. The third kappa shape index (κ3) is 2.52. The summed E-state index contributed by atoms with van der Waals surface area (Å²) in [6.45, 7) is 2.32. The monoisotopic (exact) mass is 244 g/mol. The average molecular weight is 244 g/mol. The first-order valence-electron chi connectivity index (χ1n) is 7.58. The van der Waals surface area contributed by atoms with Crippen LogP contribution in [0, 0.1) is 5.92 Å². The minimum Gasteiger partial charge on any atom is -0.367 e. The molecule has 2 aliphatic carbocycles. The van der Waals surface area contributed by atoms with Gasteiger partial charge in [-0.05, 0) is 56.6 Å². The zero-order valence-corrected chi connectivity index (χ0v) is 11.4. The van der Waals surface area contributed by atoms with Crippen molar-refractivity contribution in [2.75, 3.05) is 5.32 Å². The lowest BCUT2D eigenvalue weighted by Crippen LogP contribution is -2.28. The third-order valence-electron chi connectivity index (χ3n) is 4.66. The van der Waals surface area contributed by atoms with Crippen LogP contribution in [0.15, 0.2) is 12.1 Å². The number of fused-ring (bicyclic) bond motifs is 1. The number of hydrogen-bond donors (Lipinski definition) is 1. The highest BCUT2D eigenvalue weighted by molar-refractivity contribution is 5.41. The fourth-order valence-electron chi connectivity index (χ4n) is 3.49. The van der Waals surface area contributed by atoms with Crippen LogP contribution in [0.2, 0.25) is 0 Å². The Morgan fingerprint density at radius 1 is 1.11 bits per heavy atom. The molecule has 3 rings (SSSR count). The number of aryl methyl sites for hydroxylation is 2. The molecule has 0 bridgehead atoms. The number of aromatic nitrogens is 1. The summed E-state index contributed by atoms with van der Waals surface area (Å²) in [6.07, 6.45) is 10.7. The highest BCUT2D eigenvalue weighted by Gasteiger charge is 2.20. The number of rotatable bonds is 3. The molecule has 1 atom stereocenters. The van der Waals surface area contributed by atoms with E-state index < -0.39 is 0 Å². The number of pyridine rings is 1. The Bertz CT molecular complexity index is 408. The summed E-state index contributed by atoms with van der Waals surface area (Å²) in [5, 5.41) is 3.63. The van der Waals surface area contributed by atoms with Crippen molar-refractivity contribution in [2.45, 2.75) is 64.3 Å². The minimum atomic E-state index is 0.567. The first-order chi connectivity index (χ1) is 8.83. The smallest absolute Gasteiger partial charge is 0.126 e. The van der Waals surface area contributed by atoms with Crippen LogP contribution in [-0.4, -0.2) is 11.0 Å². The third-order valence-corrected chi connectivity index (χ3v) is 4.66. The van der Waals surface area contributed by atoms with E-state index in [-0.39, 0.29) is 0 Å². The van der Waals surface area contributed by atoms with Gasteiger partial charge in [0.15, 0.2) is 0 Å². The van der Waals surface area contributed by atoms with E-state index in [4.69, 9.17) is 4.98 Å². The van der Waals surface area contributed by atoms with Crippen LogP contribution in [0.1, 0.15) is 56.7 Å². The molecule has 1 fully saturated rings. The standard InChI is InChI=1S/C16H24N2/c1-12(13-6-3-2-4-7-13)17-16-11-10-14-8-5-9-15(14)18-16/h10-13H,2-9H2,1H3,(H,17,18). The van der Waals surface area contributed by atoms with Gasteiger partial charge in [-0.15, -0.1) is 0 Å². The summed E-state index contributed by atoms with van der Waals surface area (Å²) in [5.41, 5.74) is 2.79. The molecule has 2 aliphatic rings. The van der Waals surface area contributed by atoms with E-state index in [1.165, 1.54) is 62.6 Å². The lowest BCUT2D eigenvalue weighted by Gasteiger charge is -2.28. The second kappa shape index (κ2) is 5.29. The fraction of sp³-hybridized carbons (Fsp3) is 0.688. The highest BCUT2D eigenvalue weighted by atomic mass is 15.0. The molecule has 0 amide bonds. The Morgan fingerprint density at radius 2 is 1.94 bits per heavy atom. The topological polar surface area (TPSA) is 24.9 Å². The van der Waals surface area contributed by atoms with Crippen LogP contribution in [0.25, 0.3) is 0 Å². The molecule has 0 radical (unpaired) electrons. The van der Waals surface area contributed by atoms with Gasteiger partial charge in [-0.1, -0.05) is 25.3 Å². The molecular weight excluding hydrogens is 220 g/mol. The average Bonchev–Trinajstić information content (AvgIpc) is 2.87. The molecule has 1 saturated carbocycles. The van der Waals surface area contributed by atoms with Crippen molar-refractivity contribution in [1.82, 2.24) is 4.98 Å². The first-order valence-corrected chi connectivity index (χ1v) is 7.58. The van der Waals surface area contributed by atoms with Gasteiger partial charge in [0.05, 0.1) is 0 Å². The van der Waals surface area contributed by atoms with E-state index in [2.05, 4.69) is 24.4 Å². The number of nitrogens with one attached hydrogen (secondary N) is 1. The van der Waals surface area contributed by atoms with Gasteiger partial charge in [0.1, 0.15) is 5.82 Å². The molecule has 2 heteroatoms. The quantitative estimate of drug-likeness (QED) is 0.870. The Labute approximate surface area is 110 Å². The number of anilines is 1. The van der Waals surface area contributed by atoms with Crippen molar-refractivity contribution in [3.63, 3.8) is 0 Å². The Hall–Kier alpha value is -1.05. The van der Waals surface area contributed by atoms with Gasteiger partial charge in [-0.2, -0.15) is 0 Å². The Kier molecular flexibility index (Phi) is 3.53. The lowest BCUT2D eigenvalue weighted by atomic mass is 9.84. The molecule has 1 heterocycles. The van der Waals surface area contributed by atoms with Crippen LogP contribution >= 0.6 is 0 Å². The predicted molar refractivity (Wildman–Crippen MR) is 75.9 cm³/mol. The molecular formula is C16H24N2. The van der Waals surface area contributed by atoms with Crippen molar-refractivity contribution in [3.8, 4) is 0 Å². The maximum absolute atomic E-state index is 4.78. The Morgan fingerprint density at radius 3 is 2.78 bits per heavy atom. The van der Waals surface area contributed by atoms with Gasteiger partial charge in [0.2, 0.25) is 0 Å². The second-order valence-corrected chi connectivity index (χ2v) is 5.99. The highest BCUT2D eigenvalue weighted by Crippen LogP contribution is 2.28. The van der Waals surface area contributed by atoms with E-state index >= 15 is 0 Å². The van der Waals surface area contributed by atoms with Crippen molar-refractivity contribution >= 4 is 5.82 Å². The molecule has 1 unspecified atom stereocenters. The van der Waals surface area contributed by atoms with Crippen molar-refractivity contribution in [3.05, 3.63) is 23.4 Å². The van der Waals surface area contributed by atoms with Gasteiger partial charge in [0.25, 0.3) is 0 Å². The minimum absolute atomic E-state index is 0.567. The molecule has 0 saturated heterocycles. The summed E-state index contributed by atoms with van der Waals surface area (Å²) in [7, 11) is 0. The summed E-state index contributed by atoms with van der Waals surface area (Å²) >= 11 is 0. The SMILES string of the molecule is CC(Nc1ccc2c(n1)CCC2)C1CCCCC1. The zero-order valence-electron chi connectivity index (χ0n) is 11.4. The fourth-order valence-corrected chi connectivity index (χ4v) is 3.49. The van der Waals surface area contributed by atoms with Crippen LogP contribution in [0.4, 0.5) is 5.82 Å². The molecule has 0 aromatic carbocycles. The molecule has 1 N–H and O–H groups in total. The summed E-state index contributed by atoms with van der Waals surface area (Å²) in [4.78, 5) is 4.78. The maximum Gasteiger partial charge on any atom is 0.126 e. The van der Waals surface area contributed by atoms with Crippen LogP contribution in [-0.2, 0) is 12.8 Å². The van der Waals surface area contributed by atoms with E-state index in [0.717, 1.165) is 11.7 Å². The molecule has 98 valence electrons. The summed E-state index contributed by atoms with van der Waals surface area (Å²) in [6, 6.07) is 5.01. The predicted octanol–water partition coefficient (Wildman–Crippen LogP) is 3.95. The largest absolute Gasteiger partial charge is 0.367 e. The normalized spacial score (nSPS) is 21.6. The molecule has 0 aliphatic heterocycles. The molecule has 1 aromatic heterocycles. The van der Waals surface area contributed by atoms with Crippen molar-refractivity contribution in [2.24, 2.45) is 5.92 Å². The van der Waals surface area contributed by atoms with Gasteiger partial charge in [-0.3, -0.25) is 0 Å². The van der Waals surface area contributed by atoms with Crippen LogP contribution in [0.5, 0.6) is 0 Å². The van der Waals surface area contributed by atoms with Gasteiger partial charge < -0.3 is 5.32 Å². The van der Waals surface area contributed by atoms with Crippen LogP contribution < -0.4 is 5.32 Å². The van der Waals surface area contributed by atoms with Crippen molar-refractivity contribution in [1.29, 1.82) is 0 Å². The van der Waals surface area contributed by atoms with E-state index in [1.54, 1.807) is 0 Å². The van der Waals surface area contributed by atoms with Gasteiger partial charge in [-0.25, -0.2) is 4.98 Å². The molecule has 2 nitrogen and oxygen atoms in total. The number of hydrogen-bond acceptors (Lipinski definition) is 2. The molecule has 18 heavy (non-hydrogen) atoms. The first kappa shape index (κ1) is 12.0. The van der Waals surface area contributed by atoms with Crippen molar-refractivity contribution < 1.29 is 0 Å². The lowest BCUT2D eigenvalue weighted by molar-refractivity contribution is 0.328.